The summed E-state index contributed by atoms with van der Waals surface area (Å²) in [5.74, 6) is 0.343. The van der Waals surface area contributed by atoms with Gasteiger partial charge in [-0.05, 0) is 30.3 Å². The van der Waals surface area contributed by atoms with Crippen molar-refractivity contribution in [3.8, 4) is 11.5 Å². The van der Waals surface area contributed by atoms with Gasteiger partial charge in [-0.3, -0.25) is 0 Å². The Bertz CT molecular complexity index is 766. The van der Waals surface area contributed by atoms with E-state index in [0.717, 1.165) is 10.0 Å². The summed E-state index contributed by atoms with van der Waals surface area (Å²) in [4.78, 5) is 16.3. The normalized spacial score (nSPS) is 10.7. The van der Waals surface area contributed by atoms with Crippen LogP contribution in [0.15, 0.2) is 62.2 Å². The molecule has 0 saturated heterocycles. The van der Waals surface area contributed by atoms with Crippen molar-refractivity contribution >= 4 is 26.8 Å². The average molecular weight is 302 g/mol. The van der Waals surface area contributed by atoms with E-state index in [-0.39, 0.29) is 5.63 Å². The van der Waals surface area contributed by atoms with Gasteiger partial charge in [-0.25, -0.2) is 9.78 Å². The van der Waals surface area contributed by atoms with E-state index in [1.807, 2.05) is 36.4 Å². The van der Waals surface area contributed by atoms with Crippen LogP contribution in [-0.4, -0.2) is 4.98 Å². The molecule has 4 heteroatoms. The highest BCUT2D eigenvalue weighted by molar-refractivity contribution is 9.10. The van der Waals surface area contributed by atoms with Gasteiger partial charge in [0.1, 0.15) is 0 Å². The van der Waals surface area contributed by atoms with Gasteiger partial charge in [0.05, 0.1) is 10.9 Å². The van der Waals surface area contributed by atoms with E-state index >= 15 is 0 Å². The van der Waals surface area contributed by atoms with Gasteiger partial charge in [-0.2, -0.15) is 0 Å². The fraction of sp³-hybridized carbons (Fsp3) is 0. The van der Waals surface area contributed by atoms with Crippen molar-refractivity contribution in [3.63, 3.8) is 0 Å². The third-order valence-corrected chi connectivity index (χ3v) is 3.10. The Balaban J connectivity index is 2.29. The van der Waals surface area contributed by atoms with Gasteiger partial charge in [-0.15, -0.1) is 0 Å². The molecule has 0 aliphatic heterocycles. The number of fused-ring (bicyclic) bond motifs is 1. The Hall–Kier alpha value is -1.94. The SMILES string of the molecule is O=c1oc(-c2ccccc2)nc2ccc(Br)cc12. The number of hydrogen-bond donors (Lipinski definition) is 0. The Morgan fingerprint density at radius 1 is 1.06 bits per heavy atom. The van der Waals surface area contributed by atoms with Crippen molar-refractivity contribution in [1.29, 1.82) is 0 Å². The maximum atomic E-state index is 11.9. The summed E-state index contributed by atoms with van der Waals surface area (Å²) in [7, 11) is 0. The van der Waals surface area contributed by atoms with Crippen LogP contribution in [0.1, 0.15) is 0 Å². The van der Waals surface area contributed by atoms with Crippen molar-refractivity contribution in [2.24, 2.45) is 0 Å². The first-order valence-corrected chi connectivity index (χ1v) is 6.19. The molecule has 0 aliphatic carbocycles. The zero-order chi connectivity index (χ0) is 12.5. The van der Waals surface area contributed by atoms with Crippen LogP contribution in [0.25, 0.3) is 22.4 Å². The largest absolute Gasteiger partial charge is 0.403 e. The monoisotopic (exact) mass is 301 g/mol. The van der Waals surface area contributed by atoms with Crippen molar-refractivity contribution in [3.05, 3.63) is 63.4 Å². The van der Waals surface area contributed by atoms with Crippen molar-refractivity contribution in [1.82, 2.24) is 4.98 Å². The van der Waals surface area contributed by atoms with Crippen LogP contribution >= 0.6 is 15.9 Å². The molecule has 1 aromatic heterocycles. The lowest BCUT2D eigenvalue weighted by molar-refractivity contribution is 0.518. The fourth-order valence-corrected chi connectivity index (χ4v) is 2.11. The van der Waals surface area contributed by atoms with Crippen LogP contribution < -0.4 is 5.63 Å². The van der Waals surface area contributed by atoms with Crippen LogP contribution in [0.5, 0.6) is 0 Å². The van der Waals surface area contributed by atoms with Crippen molar-refractivity contribution in [2.75, 3.05) is 0 Å². The minimum Gasteiger partial charge on any atom is -0.403 e. The van der Waals surface area contributed by atoms with E-state index < -0.39 is 0 Å². The molecule has 3 aromatic rings. The van der Waals surface area contributed by atoms with Crippen LogP contribution in [0, 0.1) is 0 Å². The molecule has 0 radical (unpaired) electrons. The summed E-state index contributed by atoms with van der Waals surface area (Å²) < 4.78 is 6.07. The Labute approximate surface area is 111 Å². The molecule has 0 unspecified atom stereocenters. The highest BCUT2D eigenvalue weighted by Gasteiger charge is 2.08. The summed E-state index contributed by atoms with van der Waals surface area (Å²) in [6.45, 7) is 0. The maximum Gasteiger partial charge on any atom is 0.347 e. The molecular formula is C14H8BrNO2. The second kappa shape index (κ2) is 4.38. The van der Waals surface area contributed by atoms with Gasteiger partial charge >= 0.3 is 5.63 Å². The third-order valence-electron chi connectivity index (χ3n) is 2.61. The number of halogens is 1. The molecule has 0 bridgehead atoms. The van der Waals surface area contributed by atoms with Gasteiger partial charge in [0.2, 0.25) is 5.89 Å². The minimum absolute atomic E-state index is 0.343. The second-order valence-corrected chi connectivity index (χ2v) is 4.75. The van der Waals surface area contributed by atoms with Crippen LogP contribution in [-0.2, 0) is 0 Å². The number of rotatable bonds is 1. The highest BCUT2D eigenvalue weighted by atomic mass is 79.9. The molecule has 0 aliphatic rings. The quantitative estimate of drug-likeness (QED) is 0.689. The highest BCUT2D eigenvalue weighted by Crippen LogP contribution is 2.20. The van der Waals surface area contributed by atoms with E-state index in [9.17, 15) is 4.79 Å². The molecule has 1 heterocycles. The molecule has 88 valence electrons. The van der Waals surface area contributed by atoms with E-state index in [1.165, 1.54) is 0 Å². The predicted molar refractivity (Wildman–Crippen MR) is 73.4 cm³/mol. The molecule has 18 heavy (non-hydrogen) atoms. The zero-order valence-corrected chi connectivity index (χ0v) is 10.8. The van der Waals surface area contributed by atoms with E-state index in [0.29, 0.717) is 16.8 Å². The van der Waals surface area contributed by atoms with Crippen LogP contribution in [0.2, 0.25) is 0 Å². The molecule has 0 atom stereocenters. The molecule has 3 nitrogen and oxygen atoms in total. The molecule has 2 aromatic carbocycles. The van der Waals surface area contributed by atoms with E-state index in [2.05, 4.69) is 20.9 Å². The summed E-state index contributed by atoms with van der Waals surface area (Å²) in [6, 6.07) is 14.7. The second-order valence-electron chi connectivity index (χ2n) is 3.83. The molecule has 0 spiro atoms. The Morgan fingerprint density at radius 2 is 1.83 bits per heavy atom. The lowest BCUT2D eigenvalue weighted by Gasteiger charge is -2.01. The molecular weight excluding hydrogens is 294 g/mol. The van der Waals surface area contributed by atoms with Gasteiger partial charge in [-0.1, -0.05) is 34.1 Å². The first-order valence-electron chi connectivity index (χ1n) is 5.40. The Morgan fingerprint density at radius 3 is 2.61 bits per heavy atom. The Kier molecular flexibility index (Phi) is 2.72. The topological polar surface area (TPSA) is 43.1 Å². The molecule has 0 fully saturated rings. The van der Waals surface area contributed by atoms with E-state index in [4.69, 9.17) is 4.42 Å². The standard InChI is InChI=1S/C14H8BrNO2/c15-10-6-7-12-11(8-10)14(17)18-13(16-12)9-4-2-1-3-5-9/h1-8H. The molecule has 0 saturated carbocycles. The number of aromatic nitrogens is 1. The summed E-state index contributed by atoms with van der Waals surface area (Å²) in [5.41, 5.74) is 1.05. The van der Waals surface area contributed by atoms with Crippen LogP contribution in [0.3, 0.4) is 0 Å². The smallest absolute Gasteiger partial charge is 0.347 e. The maximum absolute atomic E-state index is 11.9. The van der Waals surface area contributed by atoms with Crippen molar-refractivity contribution in [2.45, 2.75) is 0 Å². The van der Waals surface area contributed by atoms with Crippen molar-refractivity contribution < 1.29 is 4.42 Å². The number of nitrogens with zero attached hydrogens (tertiary/aromatic N) is 1. The fourth-order valence-electron chi connectivity index (χ4n) is 1.75. The number of hydrogen-bond acceptors (Lipinski definition) is 3. The van der Waals surface area contributed by atoms with E-state index in [1.54, 1.807) is 12.1 Å². The van der Waals surface area contributed by atoms with Gasteiger partial charge < -0.3 is 4.42 Å². The minimum atomic E-state index is -0.375. The van der Waals surface area contributed by atoms with Gasteiger partial charge in [0.15, 0.2) is 0 Å². The van der Waals surface area contributed by atoms with Gasteiger partial charge in [0, 0.05) is 10.0 Å². The molecule has 3 rings (SSSR count). The molecule has 0 N–H and O–H groups in total. The lowest BCUT2D eigenvalue weighted by Crippen LogP contribution is -2.02. The summed E-state index contributed by atoms with van der Waals surface area (Å²) >= 11 is 3.32. The first-order chi connectivity index (χ1) is 8.74. The third kappa shape index (κ3) is 1.95. The van der Waals surface area contributed by atoms with Crippen LogP contribution in [0.4, 0.5) is 0 Å². The number of benzene rings is 2. The first kappa shape index (κ1) is 11.2. The summed E-state index contributed by atoms with van der Waals surface area (Å²) in [6.07, 6.45) is 0. The molecule has 0 amide bonds. The average Bonchev–Trinajstić information content (AvgIpc) is 2.40. The lowest BCUT2D eigenvalue weighted by atomic mass is 10.2. The van der Waals surface area contributed by atoms with Gasteiger partial charge in [0.25, 0.3) is 0 Å². The zero-order valence-electron chi connectivity index (χ0n) is 9.26. The summed E-state index contributed by atoms with van der Waals surface area (Å²) in [5, 5.41) is 0.476. The predicted octanol–water partition coefficient (Wildman–Crippen LogP) is 3.62.